The van der Waals surface area contributed by atoms with E-state index in [1.807, 2.05) is 4.57 Å². The zero-order valence-corrected chi connectivity index (χ0v) is 17.3. The summed E-state index contributed by atoms with van der Waals surface area (Å²) in [6, 6.07) is 10.2. The molecule has 0 aliphatic rings. The van der Waals surface area contributed by atoms with Gasteiger partial charge in [0.25, 0.3) is 5.91 Å². The number of carbonyl (C=O) groups is 1. The average Bonchev–Trinajstić information content (AvgIpc) is 3.25. The summed E-state index contributed by atoms with van der Waals surface area (Å²) in [7, 11) is -3.32. The average molecular weight is 430 g/mol. The Morgan fingerprint density at radius 2 is 2.07 bits per heavy atom. The first-order chi connectivity index (χ1) is 13.4. The van der Waals surface area contributed by atoms with Gasteiger partial charge in [0, 0.05) is 18.4 Å². The van der Waals surface area contributed by atoms with Gasteiger partial charge in [-0.3, -0.25) is 4.79 Å². The molecule has 0 unspecified atom stereocenters. The summed E-state index contributed by atoms with van der Waals surface area (Å²) in [6.45, 7) is 4.22. The number of fused-ring (bicyclic) bond motifs is 2. The maximum absolute atomic E-state index is 12.7. The Labute approximate surface area is 169 Å². The summed E-state index contributed by atoms with van der Waals surface area (Å²) in [5, 5.41) is 0. The first-order valence-corrected chi connectivity index (χ1v) is 11.8. The lowest BCUT2D eigenvalue weighted by Crippen LogP contribution is -2.16. The van der Waals surface area contributed by atoms with Crippen molar-refractivity contribution < 1.29 is 13.2 Å². The van der Waals surface area contributed by atoms with Crippen LogP contribution in [0.25, 0.3) is 20.4 Å². The van der Waals surface area contributed by atoms with Crippen molar-refractivity contribution in [2.24, 2.45) is 4.99 Å². The first kappa shape index (κ1) is 18.7. The highest BCUT2D eigenvalue weighted by atomic mass is 32.2. The van der Waals surface area contributed by atoms with Crippen molar-refractivity contribution in [2.45, 2.75) is 11.4 Å². The zero-order valence-electron chi connectivity index (χ0n) is 14.8. The number of nitrogens with zero attached hydrogens (tertiary/aromatic N) is 3. The molecule has 2 aromatic heterocycles. The summed E-state index contributed by atoms with van der Waals surface area (Å²) in [4.78, 5) is 22.0. The van der Waals surface area contributed by atoms with Crippen LogP contribution in [-0.2, 0) is 16.4 Å². The minimum atomic E-state index is -3.32. The Morgan fingerprint density at radius 1 is 1.25 bits per heavy atom. The van der Waals surface area contributed by atoms with Gasteiger partial charge >= 0.3 is 0 Å². The van der Waals surface area contributed by atoms with E-state index >= 15 is 0 Å². The third-order valence-electron chi connectivity index (χ3n) is 4.17. The van der Waals surface area contributed by atoms with Gasteiger partial charge in [-0.25, -0.2) is 13.4 Å². The summed E-state index contributed by atoms with van der Waals surface area (Å²) in [5.74, 6) is -0.358. The predicted octanol–water partition coefficient (Wildman–Crippen LogP) is 3.64. The number of allylic oxidation sites excluding steroid dienone is 1. The first-order valence-electron chi connectivity index (χ1n) is 8.23. The Morgan fingerprint density at radius 3 is 2.82 bits per heavy atom. The van der Waals surface area contributed by atoms with Crippen LogP contribution in [-0.4, -0.2) is 30.1 Å². The molecule has 0 aliphatic heterocycles. The van der Waals surface area contributed by atoms with Crippen LogP contribution in [0.4, 0.5) is 0 Å². The number of benzene rings is 2. The van der Waals surface area contributed by atoms with Crippen LogP contribution >= 0.6 is 22.7 Å². The molecule has 0 N–H and O–H groups in total. The largest absolute Gasteiger partial charge is 0.312 e. The molecule has 4 aromatic rings. The molecule has 4 rings (SSSR count). The highest BCUT2D eigenvalue weighted by molar-refractivity contribution is 7.90. The van der Waals surface area contributed by atoms with Gasteiger partial charge in [0.15, 0.2) is 14.6 Å². The molecule has 2 aromatic carbocycles. The molecule has 0 radical (unpaired) electrons. The van der Waals surface area contributed by atoms with E-state index in [9.17, 15) is 13.2 Å². The second-order valence-electron chi connectivity index (χ2n) is 6.14. The molecule has 0 bridgehead atoms. The van der Waals surface area contributed by atoms with Crippen molar-refractivity contribution in [1.82, 2.24) is 9.55 Å². The van der Waals surface area contributed by atoms with Crippen molar-refractivity contribution in [3.8, 4) is 0 Å². The maximum Gasteiger partial charge on any atom is 0.279 e. The van der Waals surface area contributed by atoms with Crippen molar-refractivity contribution >= 4 is 58.9 Å². The fourth-order valence-electron chi connectivity index (χ4n) is 2.81. The quantitative estimate of drug-likeness (QED) is 0.464. The van der Waals surface area contributed by atoms with Crippen LogP contribution in [0.2, 0.25) is 0 Å². The number of sulfone groups is 1. The SMILES string of the molecule is C=CCn1c(=NC(=O)c2ccc3ncsc3c2)sc2cc(S(C)(=O)=O)ccc21. The predicted molar refractivity (Wildman–Crippen MR) is 113 cm³/mol. The molecule has 1 amide bonds. The number of hydrogen-bond acceptors (Lipinski definition) is 6. The summed E-state index contributed by atoms with van der Waals surface area (Å²) in [5.41, 5.74) is 3.87. The van der Waals surface area contributed by atoms with Gasteiger partial charge in [0.2, 0.25) is 0 Å². The Kier molecular flexibility index (Phi) is 4.74. The van der Waals surface area contributed by atoms with E-state index in [0.29, 0.717) is 16.9 Å². The van der Waals surface area contributed by atoms with E-state index < -0.39 is 9.84 Å². The highest BCUT2D eigenvalue weighted by Gasteiger charge is 2.13. The molecule has 0 spiro atoms. The van der Waals surface area contributed by atoms with Crippen LogP contribution in [0.1, 0.15) is 10.4 Å². The number of rotatable bonds is 4. The summed E-state index contributed by atoms with van der Waals surface area (Å²) >= 11 is 2.74. The zero-order chi connectivity index (χ0) is 19.9. The Balaban J connectivity index is 1.86. The van der Waals surface area contributed by atoms with Crippen molar-refractivity contribution in [3.63, 3.8) is 0 Å². The smallest absolute Gasteiger partial charge is 0.279 e. The highest BCUT2D eigenvalue weighted by Crippen LogP contribution is 2.23. The van der Waals surface area contributed by atoms with E-state index in [1.54, 1.807) is 48.0 Å². The molecule has 2 heterocycles. The van der Waals surface area contributed by atoms with Gasteiger partial charge in [-0.1, -0.05) is 17.4 Å². The fourth-order valence-corrected chi connectivity index (χ4v) is 5.33. The van der Waals surface area contributed by atoms with Crippen molar-refractivity contribution in [1.29, 1.82) is 0 Å². The van der Waals surface area contributed by atoms with Crippen LogP contribution in [0.3, 0.4) is 0 Å². The van der Waals surface area contributed by atoms with E-state index in [2.05, 4.69) is 16.6 Å². The lowest BCUT2D eigenvalue weighted by atomic mass is 10.2. The molecule has 6 nitrogen and oxygen atoms in total. The molecule has 0 atom stereocenters. The Bertz CT molecular complexity index is 1410. The summed E-state index contributed by atoms with van der Waals surface area (Å²) < 4.78 is 27.2. The number of hydrogen-bond donors (Lipinski definition) is 0. The molecule has 0 saturated heterocycles. The van der Waals surface area contributed by atoms with Crippen LogP contribution in [0.5, 0.6) is 0 Å². The third kappa shape index (κ3) is 3.44. The molecular weight excluding hydrogens is 414 g/mol. The van der Waals surface area contributed by atoms with Gasteiger partial charge in [0.1, 0.15) is 0 Å². The topological polar surface area (TPSA) is 81.4 Å². The monoisotopic (exact) mass is 429 g/mol. The van der Waals surface area contributed by atoms with Gasteiger partial charge in [-0.2, -0.15) is 4.99 Å². The second-order valence-corrected chi connectivity index (χ2v) is 10.0. The molecular formula is C19H15N3O3S3. The standard InChI is InChI=1S/C19H15N3O3S3/c1-3-8-22-15-7-5-13(28(2,24)25)10-17(15)27-19(22)21-18(23)12-4-6-14-16(9-12)26-11-20-14/h3-7,9-11H,1,8H2,2H3. The molecule has 0 fully saturated rings. The van der Waals surface area contributed by atoms with Gasteiger partial charge in [-0.15, -0.1) is 17.9 Å². The van der Waals surface area contributed by atoms with E-state index in [0.717, 1.165) is 20.4 Å². The maximum atomic E-state index is 12.7. The van der Waals surface area contributed by atoms with E-state index in [1.165, 1.54) is 28.9 Å². The van der Waals surface area contributed by atoms with Crippen LogP contribution in [0.15, 0.2) is 64.5 Å². The van der Waals surface area contributed by atoms with Gasteiger partial charge in [-0.05, 0) is 36.4 Å². The lowest BCUT2D eigenvalue weighted by Gasteiger charge is -2.02. The van der Waals surface area contributed by atoms with E-state index in [4.69, 9.17) is 0 Å². The minimum Gasteiger partial charge on any atom is -0.312 e. The second kappa shape index (κ2) is 7.08. The summed E-state index contributed by atoms with van der Waals surface area (Å²) in [6.07, 6.45) is 2.88. The molecule has 0 saturated carbocycles. The minimum absolute atomic E-state index is 0.237. The van der Waals surface area contributed by atoms with Crippen LogP contribution in [0, 0.1) is 0 Å². The molecule has 0 aliphatic carbocycles. The van der Waals surface area contributed by atoms with Crippen molar-refractivity contribution in [3.05, 3.63) is 64.9 Å². The molecule has 142 valence electrons. The number of aromatic nitrogens is 2. The van der Waals surface area contributed by atoms with E-state index in [-0.39, 0.29) is 10.8 Å². The lowest BCUT2D eigenvalue weighted by molar-refractivity contribution is 0.0998. The van der Waals surface area contributed by atoms with Gasteiger partial charge < -0.3 is 4.57 Å². The Hall–Kier alpha value is -2.62. The normalized spacial score (nSPS) is 12.7. The van der Waals surface area contributed by atoms with Gasteiger partial charge in [0.05, 0.1) is 30.8 Å². The van der Waals surface area contributed by atoms with Crippen LogP contribution < -0.4 is 4.80 Å². The third-order valence-corrected chi connectivity index (χ3v) is 7.11. The fraction of sp³-hybridized carbons (Fsp3) is 0.105. The number of amides is 1. The number of thiazole rings is 2. The molecule has 9 heteroatoms. The molecule has 28 heavy (non-hydrogen) atoms. The van der Waals surface area contributed by atoms with Crippen molar-refractivity contribution in [2.75, 3.05) is 6.26 Å². The number of carbonyl (C=O) groups excluding carboxylic acids is 1.